The highest BCUT2D eigenvalue weighted by atomic mass is 16.6. The first-order valence-electron chi connectivity index (χ1n) is 13.0. The Hall–Kier alpha value is -3.31. The number of rotatable bonds is 5. The number of carboxylic acid groups (broad SMARTS) is 1. The number of carbonyl (C=O) groups is 1. The van der Waals surface area contributed by atoms with Gasteiger partial charge in [0.05, 0.1) is 12.0 Å². The predicted octanol–water partition coefficient (Wildman–Crippen LogP) is 7.05. The summed E-state index contributed by atoms with van der Waals surface area (Å²) in [6, 6.07) is 24.3. The van der Waals surface area contributed by atoms with Crippen molar-refractivity contribution in [1.82, 2.24) is 0 Å². The van der Waals surface area contributed by atoms with Gasteiger partial charge in [0, 0.05) is 17.0 Å². The Kier molecular flexibility index (Phi) is 6.53. The van der Waals surface area contributed by atoms with Crippen LogP contribution in [0.5, 0.6) is 11.5 Å². The maximum atomic E-state index is 12.3. The van der Waals surface area contributed by atoms with E-state index in [-0.39, 0.29) is 24.0 Å². The molecule has 5 heteroatoms. The molecule has 0 radical (unpaired) electrons. The van der Waals surface area contributed by atoms with Crippen LogP contribution in [-0.4, -0.2) is 29.4 Å². The summed E-state index contributed by atoms with van der Waals surface area (Å²) in [4.78, 5) is 12.3. The molecule has 5 nitrogen and oxygen atoms in total. The van der Waals surface area contributed by atoms with Gasteiger partial charge < -0.3 is 19.3 Å². The molecule has 0 amide bonds. The molecular formula is C32H36O5. The lowest BCUT2D eigenvalue weighted by atomic mass is 9.71. The molecule has 0 saturated carbocycles. The Labute approximate surface area is 219 Å². The molecule has 2 heterocycles. The Bertz CT molecular complexity index is 1260. The SMILES string of the molecule is CC(C)(C)c1ccc(OC[C@@H]2O[C@@H]3c4cccc(-c5ccccc5)c4OC(C)(C)[C@H]3C[C@@H]2C(=O)O)cc1. The van der Waals surface area contributed by atoms with E-state index in [1.165, 1.54) is 5.56 Å². The minimum Gasteiger partial charge on any atom is -0.491 e. The van der Waals surface area contributed by atoms with Gasteiger partial charge >= 0.3 is 5.97 Å². The van der Waals surface area contributed by atoms with Crippen LogP contribution >= 0.6 is 0 Å². The second-order valence-corrected chi connectivity index (χ2v) is 11.8. The van der Waals surface area contributed by atoms with Crippen molar-refractivity contribution in [1.29, 1.82) is 0 Å². The first-order valence-corrected chi connectivity index (χ1v) is 13.0. The number of fused-ring (bicyclic) bond motifs is 3. The molecule has 1 N–H and O–H groups in total. The van der Waals surface area contributed by atoms with Crippen molar-refractivity contribution >= 4 is 5.97 Å². The molecule has 4 atom stereocenters. The number of benzene rings is 3. The lowest BCUT2D eigenvalue weighted by molar-refractivity contribution is -0.192. The first-order chi connectivity index (χ1) is 17.5. The number of hydrogen-bond donors (Lipinski definition) is 1. The average Bonchev–Trinajstić information content (AvgIpc) is 2.86. The summed E-state index contributed by atoms with van der Waals surface area (Å²) in [6.07, 6.45) is -0.406. The van der Waals surface area contributed by atoms with Gasteiger partial charge in [0.25, 0.3) is 0 Å². The maximum Gasteiger partial charge on any atom is 0.309 e. The monoisotopic (exact) mass is 500 g/mol. The smallest absolute Gasteiger partial charge is 0.309 e. The van der Waals surface area contributed by atoms with Crippen LogP contribution in [0.3, 0.4) is 0 Å². The molecule has 1 saturated heterocycles. The minimum absolute atomic E-state index is 0.0519. The van der Waals surface area contributed by atoms with E-state index < -0.39 is 23.6 Å². The van der Waals surface area contributed by atoms with E-state index in [4.69, 9.17) is 14.2 Å². The summed E-state index contributed by atoms with van der Waals surface area (Å²) >= 11 is 0. The fraction of sp³-hybridized carbons (Fsp3) is 0.406. The highest BCUT2D eigenvalue weighted by Gasteiger charge is 2.52. The van der Waals surface area contributed by atoms with E-state index >= 15 is 0 Å². The van der Waals surface area contributed by atoms with Crippen molar-refractivity contribution in [2.45, 2.75) is 64.3 Å². The van der Waals surface area contributed by atoms with E-state index in [1.807, 2.05) is 56.3 Å². The third-order valence-electron chi connectivity index (χ3n) is 7.79. The van der Waals surface area contributed by atoms with Crippen LogP contribution in [0.15, 0.2) is 72.8 Å². The van der Waals surface area contributed by atoms with E-state index in [0.717, 1.165) is 22.4 Å². The Morgan fingerprint density at radius 2 is 1.70 bits per heavy atom. The lowest BCUT2D eigenvalue weighted by Crippen LogP contribution is -2.53. The van der Waals surface area contributed by atoms with Crippen LogP contribution < -0.4 is 9.47 Å². The lowest BCUT2D eigenvalue weighted by Gasteiger charge is -2.50. The van der Waals surface area contributed by atoms with Crippen LogP contribution in [0, 0.1) is 11.8 Å². The third kappa shape index (κ3) is 4.97. The molecular weight excluding hydrogens is 464 g/mol. The van der Waals surface area contributed by atoms with Gasteiger partial charge in [-0.25, -0.2) is 0 Å². The molecule has 3 aromatic rings. The Balaban J connectivity index is 1.44. The molecule has 0 aromatic heterocycles. The van der Waals surface area contributed by atoms with Gasteiger partial charge in [-0.15, -0.1) is 0 Å². The fourth-order valence-electron chi connectivity index (χ4n) is 5.59. The van der Waals surface area contributed by atoms with Crippen molar-refractivity contribution in [3.8, 4) is 22.6 Å². The summed E-state index contributed by atoms with van der Waals surface area (Å²) in [5, 5.41) is 10.1. The summed E-state index contributed by atoms with van der Waals surface area (Å²) in [5.41, 5.74) is 3.73. The van der Waals surface area contributed by atoms with Gasteiger partial charge in [-0.1, -0.05) is 81.4 Å². The molecule has 1 fully saturated rings. The Morgan fingerprint density at radius 1 is 1.00 bits per heavy atom. The van der Waals surface area contributed by atoms with Gasteiger partial charge in [-0.05, 0) is 48.9 Å². The number of ether oxygens (including phenoxy) is 3. The molecule has 0 spiro atoms. The van der Waals surface area contributed by atoms with Crippen molar-refractivity contribution in [3.05, 3.63) is 83.9 Å². The first kappa shape index (κ1) is 25.3. The summed E-state index contributed by atoms with van der Waals surface area (Å²) in [6.45, 7) is 10.7. The number of aliphatic carboxylic acids is 1. The van der Waals surface area contributed by atoms with Gasteiger partial charge in [-0.3, -0.25) is 4.79 Å². The number of carboxylic acids is 1. The number of para-hydroxylation sites is 1. The summed E-state index contributed by atoms with van der Waals surface area (Å²) in [5.74, 6) is -0.130. The highest BCUT2D eigenvalue weighted by molar-refractivity contribution is 5.74. The van der Waals surface area contributed by atoms with Crippen LogP contribution in [0.2, 0.25) is 0 Å². The Morgan fingerprint density at radius 3 is 2.35 bits per heavy atom. The largest absolute Gasteiger partial charge is 0.491 e. The topological polar surface area (TPSA) is 65.0 Å². The van der Waals surface area contributed by atoms with Crippen molar-refractivity contribution < 1.29 is 24.1 Å². The van der Waals surface area contributed by atoms with Crippen molar-refractivity contribution in [3.63, 3.8) is 0 Å². The normalized spacial score (nSPS) is 24.4. The number of hydrogen-bond acceptors (Lipinski definition) is 4. The van der Waals surface area contributed by atoms with Gasteiger partial charge in [-0.2, -0.15) is 0 Å². The third-order valence-corrected chi connectivity index (χ3v) is 7.79. The molecule has 2 aliphatic rings. The van der Waals surface area contributed by atoms with Crippen molar-refractivity contribution in [2.24, 2.45) is 11.8 Å². The predicted molar refractivity (Wildman–Crippen MR) is 144 cm³/mol. The maximum absolute atomic E-state index is 12.3. The molecule has 0 unspecified atom stereocenters. The standard InChI is InChI=1S/C32H36O5/c1-31(2,3)21-14-16-22(17-15-21)35-19-27-25(30(33)34)18-26-29(36-27)24-13-9-12-23(20-10-7-6-8-11-20)28(24)37-32(26,4)5/h6-17,25-27,29H,18-19H2,1-5H3,(H,33,34)/t25-,26-,27-,29+/m0/s1. The van der Waals surface area contributed by atoms with Gasteiger partial charge in [0.1, 0.15) is 29.8 Å². The molecule has 5 rings (SSSR count). The van der Waals surface area contributed by atoms with Crippen LogP contribution in [0.1, 0.15) is 58.3 Å². The zero-order chi connectivity index (χ0) is 26.4. The highest BCUT2D eigenvalue weighted by Crippen LogP contribution is 2.54. The molecule has 37 heavy (non-hydrogen) atoms. The molecule has 3 aromatic carbocycles. The average molecular weight is 501 g/mol. The van der Waals surface area contributed by atoms with Gasteiger partial charge in [0.15, 0.2) is 0 Å². The van der Waals surface area contributed by atoms with E-state index in [9.17, 15) is 9.90 Å². The van der Waals surface area contributed by atoms with E-state index in [2.05, 4.69) is 51.1 Å². The van der Waals surface area contributed by atoms with E-state index in [1.54, 1.807) is 0 Å². The zero-order valence-electron chi connectivity index (χ0n) is 22.2. The summed E-state index contributed by atoms with van der Waals surface area (Å²) in [7, 11) is 0. The molecule has 194 valence electrons. The van der Waals surface area contributed by atoms with Crippen LogP contribution in [0.4, 0.5) is 0 Å². The van der Waals surface area contributed by atoms with E-state index in [0.29, 0.717) is 12.2 Å². The second-order valence-electron chi connectivity index (χ2n) is 11.8. The summed E-state index contributed by atoms with van der Waals surface area (Å²) < 4.78 is 19.3. The fourth-order valence-corrected chi connectivity index (χ4v) is 5.59. The second kappa shape index (κ2) is 9.53. The minimum atomic E-state index is -0.866. The molecule has 2 aliphatic heterocycles. The van der Waals surface area contributed by atoms with Crippen LogP contribution in [0.25, 0.3) is 11.1 Å². The van der Waals surface area contributed by atoms with Gasteiger partial charge in [0.2, 0.25) is 0 Å². The quantitative estimate of drug-likeness (QED) is 0.407. The zero-order valence-corrected chi connectivity index (χ0v) is 22.2. The molecule has 0 aliphatic carbocycles. The van der Waals surface area contributed by atoms with Crippen molar-refractivity contribution in [2.75, 3.05) is 6.61 Å². The molecule has 0 bridgehead atoms. The van der Waals surface area contributed by atoms with Crippen LogP contribution in [-0.2, 0) is 14.9 Å².